The van der Waals surface area contributed by atoms with Crippen LogP contribution in [0.25, 0.3) is 22.2 Å². The van der Waals surface area contributed by atoms with Gasteiger partial charge in [0.25, 0.3) is 5.91 Å². The van der Waals surface area contributed by atoms with Crippen molar-refractivity contribution in [2.24, 2.45) is 5.73 Å². The highest BCUT2D eigenvalue weighted by Crippen LogP contribution is 2.30. The molecule has 0 aliphatic rings. The number of imide groups is 1. The number of para-hydroxylation sites is 1. The molecule has 0 spiro atoms. The standard InChI is InChI=1S/C20H16ClN3O4/c1-11(18(25)24-20(22)27)28-19(26)14-10-17(13-7-2-4-8-15(13)21)23-16-9-5-3-6-12(14)16/h2-11H,1H3,(H3,22,24,25,27). The third kappa shape index (κ3) is 4.10. The molecule has 1 unspecified atom stereocenters. The molecule has 0 bridgehead atoms. The highest BCUT2D eigenvalue weighted by atomic mass is 35.5. The van der Waals surface area contributed by atoms with Crippen molar-refractivity contribution in [3.8, 4) is 11.3 Å². The van der Waals surface area contributed by atoms with Crippen LogP contribution < -0.4 is 11.1 Å². The van der Waals surface area contributed by atoms with E-state index in [1.54, 1.807) is 48.5 Å². The Kier molecular flexibility index (Phi) is 5.56. The summed E-state index contributed by atoms with van der Waals surface area (Å²) in [6.07, 6.45) is -1.21. The summed E-state index contributed by atoms with van der Waals surface area (Å²) in [6, 6.07) is 14.7. The predicted octanol–water partition coefficient (Wildman–Crippen LogP) is 3.30. The summed E-state index contributed by atoms with van der Waals surface area (Å²) in [6.45, 7) is 1.34. The van der Waals surface area contributed by atoms with E-state index in [-0.39, 0.29) is 5.56 Å². The predicted molar refractivity (Wildman–Crippen MR) is 105 cm³/mol. The number of ether oxygens (including phenoxy) is 1. The summed E-state index contributed by atoms with van der Waals surface area (Å²) in [7, 11) is 0. The number of nitrogens with two attached hydrogens (primary N) is 1. The van der Waals surface area contributed by atoms with Gasteiger partial charge < -0.3 is 10.5 Å². The fraction of sp³-hybridized carbons (Fsp3) is 0.100. The summed E-state index contributed by atoms with van der Waals surface area (Å²) in [5, 5.41) is 2.92. The van der Waals surface area contributed by atoms with Crippen LogP contribution in [-0.4, -0.2) is 29.0 Å². The Morgan fingerprint density at radius 1 is 1.11 bits per heavy atom. The average molecular weight is 398 g/mol. The third-order valence-electron chi connectivity index (χ3n) is 3.99. The van der Waals surface area contributed by atoms with Crippen molar-refractivity contribution < 1.29 is 19.1 Å². The number of primary amides is 1. The van der Waals surface area contributed by atoms with Gasteiger partial charge in [-0.3, -0.25) is 10.1 Å². The molecule has 0 saturated heterocycles. The van der Waals surface area contributed by atoms with E-state index >= 15 is 0 Å². The Labute approximate surface area is 165 Å². The van der Waals surface area contributed by atoms with Crippen LogP contribution in [0.3, 0.4) is 0 Å². The van der Waals surface area contributed by atoms with Crippen molar-refractivity contribution in [1.82, 2.24) is 10.3 Å². The maximum Gasteiger partial charge on any atom is 0.339 e. The second-order valence-electron chi connectivity index (χ2n) is 5.95. The zero-order chi connectivity index (χ0) is 20.3. The summed E-state index contributed by atoms with van der Waals surface area (Å²) < 4.78 is 5.21. The van der Waals surface area contributed by atoms with Gasteiger partial charge in [0.1, 0.15) is 0 Å². The van der Waals surface area contributed by atoms with Gasteiger partial charge in [0, 0.05) is 16.0 Å². The van der Waals surface area contributed by atoms with E-state index in [9.17, 15) is 14.4 Å². The smallest absolute Gasteiger partial charge is 0.339 e. The Bertz CT molecular complexity index is 1080. The molecule has 0 fully saturated rings. The molecule has 3 aromatic rings. The largest absolute Gasteiger partial charge is 0.449 e. The maximum absolute atomic E-state index is 12.7. The van der Waals surface area contributed by atoms with E-state index in [0.717, 1.165) is 0 Å². The summed E-state index contributed by atoms with van der Waals surface area (Å²) >= 11 is 6.26. The molecule has 142 valence electrons. The molecule has 0 radical (unpaired) electrons. The highest BCUT2D eigenvalue weighted by Gasteiger charge is 2.22. The first-order valence-electron chi connectivity index (χ1n) is 8.33. The van der Waals surface area contributed by atoms with Gasteiger partial charge in [-0.15, -0.1) is 0 Å². The van der Waals surface area contributed by atoms with Crippen molar-refractivity contribution in [1.29, 1.82) is 0 Å². The number of aromatic nitrogens is 1. The molecular formula is C20H16ClN3O4. The topological polar surface area (TPSA) is 111 Å². The van der Waals surface area contributed by atoms with Gasteiger partial charge in [0.2, 0.25) is 0 Å². The number of halogens is 1. The van der Waals surface area contributed by atoms with Gasteiger partial charge in [-0.25, -0.2) is 14.6 Å². The van der Waals surface area contributed by atoms with E-state index in [2.05, 4.69) is 4.98 Å². The van der Waals surface area contributed by atoms with Crippen LogP contribution in [0.5, 0.6) is 0 Å². The average Bonchev–Trinajstić information content (AvgIpc) is 2.66. The number of rotatable bonds is 4. The molecule has 3 N–H and O–H groups in total. The van der Waals surface area contributed by atoms with E-state index in [1.807, 2.05) is 11.4 Å². The number of amides is 3. The van der Waals surface area contributed by atoms with Gasteiger partial charge in [0.05, 0.1) is 16.8 Å². The Morgan fingerprint density at radius 3 is 2.50 bits per heavy atom. The SMILES string of the molecule is CC(OC(=O)c1cc(-c2ccccc2Cl)nc2ccccc12)C(=O)NC(N)=O. The molecule has 3 amide bonds. The number of benzene rings is 2. The van der Waals surface area contributed by atoms with Crippen LogP contribution in [0.2, 0.25) is 5.02 Å². The van der Waals surface area contributed by atoms with Crippen LogP contribution in [0.15, 0.2) is 54.6 Å². The number of carbonyl (C=O) groups is 3. The summed E-state index contributed by atoms with van der Waals surface area (Å²) in [4.78, 5) is 39.9. The first-order valence-corrected chi connectivity index (χ1v) is 8.70. The van der Waals surface area contributed by atoms with Gasteiger partial charge in [-0.1, -0.05) is 48.0 Å². The first kappa shape index (κ1) is 19.3. The van der Waals surface area contributed by atoms with Crippen LogP contribution in [-0.2, 0) is 9.53 Å². The Balaban J connectivity index is 2.02. The fourth-order valence-corrected chi connectivity index (χ4v) is 2.88. The number of hydrogen-bond acceptors (Lipinski definition) is 5. The number of pyridine rings is 1. The molecule has 0 aliphatic carbocycles. The van der Waals surface area contributed by atoms with Crippen molar-refractivity contribution in [3.63, 3.8) is 0 Å². The van der Waals surface area contributed by atoms with Crippen LogP contribution in [0, 0.1) is 0 Å². The lowest BCUT2D eigenvalue weighted by Crippen LogP contribution is -2.42. The summed E-state index contributed by atoms with van der Waals surface area (Å²) in [5.74, 6) is -1.55. The molecule has 7 nitrogen and oxygen atoms in total. The Morgan fingerprint density at radius 2 is 1.79 bits per heavy atom. The molecule has 0 aliphatic heterocycles. The lowest BCUT2D eigenvalue weighted by atomic mass is 10.0. The monoisotopic (exact) mass is 397 g/mol. The number of nitrogens with one attached hydrogen (secondary N) is 1. The second kappa shape index (κ2) is 8.06. The van der Waals surface area contributed by atoms with E-state index in [0.29, 0.717) is 27.2 Å². The van der Waals surface area contributed by atoms with Gasteiger partial charge in [-0.05, 0) is 25.1 Å². The van der Waals surface area contributed by atoms with Crippen LogP contribution in [0.1, 0.15) is 17.3 Å². The number of carbonyl (C=O) groups excluding carboxylic acids is 3. The lowest BCUT2D eigenvalue weighted by molar-refractivity contribution is -0.127. The minimum Gasteiger partial charge on any atom is -0.449 e. The van der Waals surface area contributed by atoms with E-state index in [4.69, 9.17) is 22.1 Å². The number of hydrogen-bond donors (Lipinski definition) is 2. The molecule has 28 heavy (non-hydrogen) atoms. The van der Waals surface area contributed by atoms with Crippen molar-refractivity contribution in [2.75, 3.05) is 0 Å². The molecule has 1 heterocycles. The molecular weight excluding hydrogens is 382 g/mol. The normalized spacial score (nSPS) is 11.6. The van der Waals surface area contributed by atoms with Gasteiger partial charge in [0.15, 0.2) is 6.10 Å². The van der Waals surface area contributed by atoms with Crippen LogP contribution >= 0.6 is 11.6 Å². The molecule has 3 rings (SSSR count). The zero-order valence-corrected chi connectivity index (χ0v) is 15.6. The van der Waals surface area contributed by atoms with Crippen molar-refractivity contribution >= 4 is 40.4 Å². The third-order valence-corrected chi connectivity index (χ3v) is 4.31. The molecule has 1 aromatic heterocycles. The second-order valence-corrected chi connectivity index (χ2v) is 6.36. The molecule has 2 aromatic carbocycles. The number of nitrogens with zero attached hydrogens (tertiary/aromatic N) is 1. The number of fused-ring (bicyclic) bond motifs is 1. The fourth-order valence-electron chi connectivity index (χ4n) is 2.65. The quantitative estimate of drug-likeness (QED) is 0.656. The van der Waals surface area contributed by atoms with Gasteiger partial charge in [-0.2, -0.15) is 0 Å². The molecule has 8 heteroatoms. The minimum atomic E-state index is -1.21. The minimum absolute atomic E-state index is 0.222. The van der Waals surface area contributed by atoms with Crippen molar-refractivity contribution in [3.05, 3.63) is 65.2 Å². The van der Waals surface area contributed by atoms with Crippen molar-refractivity contribution in [2.45, 2.75) is 13.0 Å². The zero-order valence-electron chi connectivity index (χ0n) is 14.8. The number of urea groups is 1. The molecule has 1 atom stereocenters. The van der Waals surface area contributed by atoms with Crippen LogP contribution in [0.4, 0.5) is 4.79 Å². The maximum atomic E-state index is 12.7. The first-order chi connectivity index (χ1) is 13.4. The van der Waals surface area contributed by atoms with E-state index < -0.39 is 24.0 Å². The summed E-state index contributed by atoms with van der Waals surface area (Å²) in [5.41, 5.74) is 6.85. The highest BCUT2D eigenvalue weighted by molar-refractivity contribution is 6.33. The van der Waals surface area contributed by atoms with E-state index in [1.165, 1.54) is 6.92 Å². The number of esters is 1. The lowest BCUT2D eigenvalue weighted by Gasteiger charge is -2.14. The van der Waals surface area contributed by atoms with Gasteiger partial charge >= 0.3 is 12.0 Å². The Hall–Kier alpha value is -3.45. The molecule has 0 saturated carbocycles.